The van der Waals surface area contributed by atoms with E-state index >= 15 is 0 Å². The van der Waals surface area contributed by atoms with Crippen molar-refractivity contribution in [3.63, 3.8) is 0 Å². The van der Waals surface area contributed by atoms with Gasteiger partial charge < -0.3 is 15.4 Å². The van der Waals surface area contributed by atoms with E-state index in [2.05, 4.69) is 27.5 Å². The number of hydrogen-bond donors (Lipinski definition) is 2. The van der Waals surface area contributed by atoms with Crippen molar-refractivity contribution in [1.29, 1.82) is 0 Å². The second-order valence-corrected chi connectivity index (χ2v) is 6.03. The monoisotopic (exact) mass is 377 g/mol. The van der Waals surface area contributed by atoms with Gasteiger partial charge in [-0.1, -0.05) is 23.9 Å². The normalized spacial score (nSPS) is 14.3. The van der Waals surface area contributed by atoms with Crippen LogP contribution in [0.1, 0.15) is 35.1 Å². The Balaban J connectivity index is 0.00000243. The van der Waals surface area contributed by atoms with Crippen LogP contribution < -0.4 is 15.4 Å². The first-order valence-electron chi connectivity index (χ1n) is 8.46. The van der Waals surface area contributed by atoms with Crippen molar-refractivity contribution in [2.45, 2.75) is 25.8 Å². The van der Waals surface area contributed by atoms with Crippen LogP contribution in [0.2, 0.25) is 0 Å². The van der Waals surface area contributed by atoms with Crippen molar-refractivity contribution >= 4 is 24.0 Å². The summed E-state index contributed by atoms with van der Waals surface area (Å²) in [6.07, 6.45) is 3.66. The highest BCUT2D eigenvalue weighted by molar-refractivity contribution is 6.03. The molecule has 8 heteroatoms. The SMILES string of the molecule is C=CCOc1cccc(NC(=O)c2nnn(C3CCNCC3)c2C)c1.Cl. The van der Waals surface area contributed by atoms with Crippen LogP contribution in [0.3, 0.4) is 0 Å². The number of rotatable bonds is 6. The molecule has 2 N–H and O–H groups in total. The Bertz CT molecular complexity index is 756. The number of halogens is 1. The first kappa shape index (κ1) is 19.9. The van der Waals surface area contributed by atoms with Crippen LogP contribution in [0.4, 0.5) is 5.69 Å². The van der Waals surface area contributed by atoms with Crippen LogP contribution in [-0.4, -0.2) is 40.6 Å². The molecule has 1 saturated heterocycles. The van der Waals surface area contributed by atoms with Crippen molar-refractivity contribution in [3.05, 3.63) is 48.3 Å². The molecule has 3 rings (SSSR count). The van der Waals surface area contributed by atoms with Gasteiger partial charge in [0.1, 0.15) is 12.4 Å². The third-order valence-corrected chi connectivity index (χ3v) is 4.26. The highest BCUT2D eigenvalue weighted by Crippen LogP contribution is 2.22. The average molecular weight is 378 g/mol. The Labute approximate surface area is 159 Å². The van der Waals surface area contributed by atoms with Gasteiger partial charge in [0.2, 0.25) is 0 Å². The maximum atomic E-state index is 12.6. The van der Waals surface area contributed by atoms with Crippen LogP contribution in [0, 0.1) is 6.92 Å². The molecule has 0 saturated carbocycles. The summed E-state index contributed by atoms with van der Waals surface area (Å²) in [7, 11) is 0. The van der Waals surface area contributed by atoms with Crippen molar-refractivity contribution in [2.24, 2.45) is 0 Å². The Morgan fingerprint density at radius 3 is 2.96 bits per heavy atom. The molecule has 1 aliphatic rings. The molecule has 2 aromatic rings. The van der Waals surface area contributed by atoms with Gasteiger partial charge in [0, 0.05) is 11.8 Å². The molecule has 0 radical (unpaired) electrons. The third kappa shape index (κ3) is 4.62. The van der Waals surface area contributed by atoms with Gasteiger partial charge >= 0.3 is 0 Å². The lowest BCUT2D eigenvalue weighted by molar-refractivity contribution is 0.102. The predicted molar refractivity (Wildman–Crippen MR) is 103 cm³/mol. The van der Waals surface area contributed by atoms with E-state index in [-0.39, 0.29) is 18.3 Å². The fourth-order valence-corrected chi connectivity index (χ4v) is 2.96. The number of amides is 1. The number of carbonyl (C=O) groups excluding carboxylic acids is 1. The number of carbonyl (C=O) groups is 1. The molecule has 0 bridgehead atoms. The quantitative estimate of drug-likeness (QED) is 0.756. The highest BCUT2D eigenvalue weighted by Gasteiger charge is 2.23. The zero-order valence-electron chi connectivity index (χ0n) is 14.8. The summed E-state index contributed by atoms with van der Waals surface area (Å²) in [6, 6.07) is 7.54. The molecular weight excluding hydrogens is 354 g/mol. The van der Waals surface area contributed by atoms with E-state index in [1.165, 1.54) is 0 Å². The molecule has 0 aliphatic carbocycles. The number of aromatic nitrogens is 3. The van der Waals surface area contributed by atoms with Gasteiger partial charge in [0.05, 0.1) is 11.7 Å². The van der Waals surface area contributed by atoms with E-state index in [4.69, 9.17) is 4.74 Å². The Hall–Kier alpha value is -2.38. The molecule has 1 amide bonds. The van der Waals surface area contributed by atoms with E-state index in [9.17, 15) is 4.79 Å². The van der Waals surface area contributed by atoms with E-state index in [0.29, 0.717) is 29.8 Å². The maximum absolute atomic E-state index is 12.6. The fourth-order valence-electron chi connectivity index (χ4n) is 2.96. The summed E-state index contributed by atoms with van der Waals surface area (Å²) >= 11 is 0. The number of nitrogens with zero attached hydrogens (tertiary/aromatic N) is 3. The van der Waals surface area contributed by atoms with Crippen LogP contribution in [0.25, 0.3) is 0 Å². The van der Waals surface area contributed by atoms with Gasteiger partial charge in [-0.2, -0.15) is 0 Å². The maximum Gasteiger partial charge on any atom is 0.278 e. The molecule has 0 atom stereocenters. The molecule has 2 heterocycles. The molecule has 1 aromatic heterocycles. The molecule has 7 nitrogen and oxygen atoms in total. The van der Waals surface area contributed by atoms with E-state index in [0.717, 1.165) is 31.6 Å². The minimum Gasteiger partial charge on any atom is -0.489 e. The van der Waals surface area contributed by atoms with Crippen molar-refractivity contribution in [2.75, 3.05) is 25.0 Å². The van der Waals surface area contributed by atoms with Crippen LogP contribution >= 0.6 is 12.4 Å². The molecule has 0 unspecified atom stereocenters. The molecular formula is C18H24ClN5O2. The highest BCUT2D eigenvalue weighted by atomic mass is 35.5. The average Bonchev–Trinajstić information content (AvgIpc) is 3.02. The largest absolute Gasteiger partial charge is 0.489 e. The summed E-state index contributed by atoms with van der Waals surface area (Å²) in [5, 5.41) is 14.5. The van der Waals surface area contributed by atoms with Gasteiger partial charge in [-0.05, 0) is 45.0 Å². The minimum absolute atomic E-state index is 0. The van der Waals surface area contributed by atoms with Gasteiger partial charge in [-0.15, -0.1) is 17.5 Å². The number of anilines is 1. The van der Waals surface area contributed by atoms with E-state index < -0.39 is 0 Å². The second-order valence-electron chi connectivity index (χ2n) is 6.03. The standard InChI is InChI=1S/C18H23N5O2.ClH/c1-3-11-25-16-6-4-5-14(12-16)20-18(24)17-13(2)23(22-21-17)15-7-9-19-10-8-15;/h3-6,12,15,19H,1,7-11H2,2H3,(H,20,24);1H. The molecule has 26 heavy (non-hydrogen) atoms. The van der Waals surface area contributed by atoms with Gasteiger partial charge in [0.25, 0.3) is 5.91 Å². The Morgan fingerprint density at radius 1 is 1.46 bits per heavy atom. The first-order chi connectivity index (χ1) is 12.2. The number of hydrogen-bond acceptors (Lipinski definition) is 5. The number of benzene rings is 1. The summed E-state index contributed by atoms with van der Waals surface area (Å²) in [5.41, 5.74) is 1.81. The minimum atomic E-state index is -0.265. The summed E-state index contributed by atoms with van der Waals surface area (Å²) in [5.74, 6) is 0.409. The smallest absolute Gasteiger partial charge is 0.278 e. The zero-order valence-corrected chi connectivity index (χ0v) is 15.6. The molecule has 0 spiro atoms. The van der Waals surface area contributed by atoms with Crippen LogP contribution in [-0.2, 0) is 0 Å². The molecule has 140 valence electrons. The Morgan fingerprint density at radius 2 is 2.23 bits per heavy atom. The number of ether oxygens (including phenoxy) is 1. The van der Waals surface area contributed by atoms with Gasteiger partial charge in [-0.3, -0.25) is 4.79 Å². The van der Waals surface area contributed by atoms with Crippen molar-refractivity contribution in [1.82, 2.24) is 20.3 Å². The van der Waals surface area contributed by atoms with E-state index in [1.807, 2.05) is 29.8 Å². The molecule has 1 aromatic carbocycles. The van der Waals surface area contributed by atoms with Crippen molar-refractivity contribution < 1.29 is 9.53 Å². The Kier molecular flexibility index (Phi) is 7.17. The lowest BCUT2D eigenvalue weighted by Crippen LogP contribution is -2.30. The third-order valence-electron chi connectivity index (χ3n) is 4.26. The topological polar surface area (TPSA) is 81.1 Å². The number of nitrogens with one attached hydrogen (secondary N) is 2. The second kappa shape index (κ2) is 9.35. The molecule has 1 fully saturated rings. The zero-order chi connectivity index (χ0) is 17.6. The first-order valence-corrected chi connectivity index (χ1v) is 8.46. The summed E-state index contributed by atoms with van der Waals surface area (Å²) in [6.45, 7) is 7.85. The summed E-state index contributed by atoms with van der Waals surface area (Å²) < 4.78 is 7.36. The molecule has 1 aliphatic heterocycles. The van der Waals surface area contributed by atoms with E-state index in [1.54, 1.807) is 12.1 Å². The lowest BCUT2D eigenvalue weighted by atomic mass is 10.1. The van der Waals surface area contributed by atoms with Gasteiger partial charge in [0.15, 0.2) is 5.69 Å². The predicted octanol–water partition coefficient (Wildman–Crippen LogP) is 2.75. The number of piperidine rings is 1. The summed E-state index contributed by atoms with van der Waals surface area (Å²) in [4.78, 5) is 12.6. The van der Waals surface area contributed by atoms with Crippen LogP contribution in [0.15, 0.2) is 36.9 Å². The lowest BCUT2D eigenvalue weighted by Gasteiger charge is -2.23. The van der Waals surface area contributed by atoms with Gasteiger partial charge in [-0.25, -0.2) is 4.68 Å². The van der Waals surface area contributed by atoms with Crippen molar-refractivity contribution in [3.8, 4) is 5.75 Å². The fraction of sp³-hybridized carbons (Fsp3) is 0.389. The van der Waals surface area contributed by atoms with Crippen LogP contribution in [0.5, 0.6) is 5.75 Å².